The first kappa shape index (κ1) is 14.1. The van der Waals surface area contributed by atoms with Crippen LogP contribution in [-0.2, 0) is 9.53 Å². The van der Waals surface area contributed by atoms with E-state index in [1.54, 1.807) is 12.0 Å². The maximum Gasteiger partial charge on any atom is 0.260 e. The molecule has 104 valence electrons. The number of hydrogen-bond acceptors (Lipinski definition) is 3. The Morgan fingerprint density at radius 3 is 3.00 bits per heavy atom. The molecule has 1 aromatic rings. The monoisotopic (exact) mass is 287 g/mol. The van der Waals surface area contributed by atoms with Gasteiger partial charge >= 0.3 is 0 Å². The van der Waals surface area contributed by atoms with Crippen LogP contribution in [0.5, 0.6) is 5.75 Å². The second-order valence-corrected chi connectivity index (χ2v) is 4.76. The first-order valence-corrected chi connectivity index (χ1v) is 6.36. The maximum absolute atomic E-state index is 12.9. The van der Waals surface area contributed by atoms with Gasteiger partial charge < -0.3 is 14.4 Å². The lowest BCUT2D eigenvalue weighted by molar-refractivity contribution is -0.132. The van der Waals surface area contributed by atoms with Gasteiger partial charge in [0.25, 0.3) is 5.91 Å². The van der Waals surface area contributed by atoms with Crippen molar-refractivity contribution in [1.82, 2.24) is 4.90 Å². The highest BCUT2D eigenvalue weighted by Crippen LogP contribution is 2.21. The molecule has 0 N–H and O–H groups in total. The van der Waals surface area contributed by atoms with Crippen molar-refractivity contribution in [2.24, 2.45) is 0 Å². The van der Waals surface area contributed by atoms with Crippen molar-refractivity contribution >= 4 is 17.5 Å². The minimum absolute atomic E-state index is 0.0226. The zero-order valence-electron chi connectivity index (χ0n) is 10.6. The van der Waals surface area contributed by atoms with E-state index < -0.39 is 5.82 Å². The molecule has 0 spiro atoms. The molecule has 0 aromatic heterocycles. The third kappa shape index (κ3) is 3.58. The number of nitrogens with zero attached hydrogens (tertiary/aromatic N) is 1. The molecular weight excluding hydrogens is 273 g/mol. The predicted molar refractivity (Wildman–Crippen MR) is 68.9 cm³/mol. The van der Waals surface area contributed by atoms with Crippen molar-refractivity contribution in [2.75, 3.05) is 26.8 Å². The summed E-state index contributed by atoms with van der Waals surface area (Å²) in [5, 5.41) is -0.0226. The smallest absolute Gasteiger partial charge is 0.260 e. The van der Waals surface area contributed by atoms with Gasteiger partial charge in [-0.05, 0) is 18.6 Å². The third-order valence-corrected chi connectivity index (χ3v) is 3.37. The van der Waals surface area contributed by atoms with Crippen LogP contribution in [0.3, 0.4) is 0 Å². The Morgan fingerprint density at radius 1 is 1.58 bits per heavy atom. The van der Waals surface area contributed by atoms with Crippen LogP contribution in [0.25, 0.3) is 0 Å². The molecule has 0 unspecified atom stereocenters. The van der Waals surface area contributed by atoms with Crippen molar-refractivity contribution in [3.8, 4) is 5.75 Å². The van der Waals surface area contributed by atoms with Crippen molar-refractivity contribution in [2.45, 2.75) is 12.5 Å². The second-order valence-electron chi connectivity index (χ2n) is 4.35. The lowest BCUT2D eigenvalue weighted by Crippen LogP contribution is -2.33. The summed E-state index contributed by atoms with van der Waals surface area (Å²) >= 11 is 5.63. The highest BCUT2D eigenvalue weighted by Gasteiger charge is 2.26. The molecule has 0 aliphatic carbocycles. The fraction of sp³-hybridized carbons (Fsp3) is 0.462. The Morgan fingerprint density at radius 2 is 2.37 bits per heavy atom. The van der Waals surface area contributed by atoms with Gasteiger partial charge in [-0.1, -0.05) is 11.6 Å². The Labute approximate surface area is 116 Å². The van der Waals surface area contributed by atoms with Gasteiger partial charge in [0.15, 0.2) is 6.61 Å². The summed E-state index contributed by atoms with van der Waals surface area (Å²) in [6.07, 6.45) is 0.939. The van der Waals surface area contributed by atoms with E-state index in [1.165, 1.54) is 18.2 Å². The van der Waals surface area contributed by atoms with Crippen molar-refractivity contribution in [3.63, 3.8) is 0 Å². The lowest BCUT2D eigenvalue weighted by atomic mass is 10.3. The average Bonchev–Trinajstić information content (AvgIpc) is 2.88. The van der Waals surface area contributed by atoms with Crippen LogP contribution < -0.4 is 4.74 Å². The van der Waals surface area contributed by atoms with E-state index >= 15 is 0 Å². The van der Waals surface area contributed by atoms with E-state index in [1.807, 2.05) is 0 Å². The van der Waals surface area contributed by atoms with Crippen LogP contribution in [0, 0.1) is 5.82 Å². The number of ether oxygens (including phenoxy) is 2. The SMILES string of the molecule is CO[C@@H]1CCN(C(=O)COc2ccc(F)c(Cl)c2)C1. The average molecular weight is 288 g/mol. The quantitative estimate of drug-likeness (QED) is 0.851. The summed E-state index contributed by atoms with van der Waals surface area (Å²) in [6, 6.07) is 4.00. The van der Waals surface area contributed by atoms with Gasteiger partial charge in [-0.3, -0.25) is 4.79 Å². The van der Waals surface area contributed by atoms with E-state index in [2.05, 4.69) is 0 Å². The van der Waals surface area contributed by atoms with E-state index in [0.717, 1.165) is 6.42 Å². The third-order valence-electron chi connectivity index (χ3n) is 3.08. The van der Waals surface area contributed by atoms with E-state index in [4.69, 9.17) is 21.1 Å². The van der Waals surface area contributed by atoms with Crippen LogP contribution in [0.1, 0.15) is 6.42 Å². The van der Waals surface area contributed by atoms with Crippen LogP contribution >= 0.6 is 11.6 Å². The number of rotatable bonds is 4. The minimum Gasteiger partial charge on any atom is -0.484 e. The number of carbonyl (C=O) groups excluding carboxylic acids is 1. The van der Waals surface area contributed by atoms with Crippen molar-refractivity contribution in [3.05, 3.63) is 29.0 Å². The van der Waals surface area contributed by atoms with E-state index in [-0.39, 0.29) is 23.6 Å². The molecule has 1 aliphatic heterocycles. The largest absolute Gasteiger partial charge is 0.484 e. The Hall–Kier alpha value is -1.33. The number of likely N-dealkylation sites (tertiary alicyclic amines) is 1. The molecule has 0 radical (unpaired) electrons. The molecule has 19 heavy (non-hydrogen) atoms. The van der Waals surface area contributed by atoms with Crippen LogP contribution in [0.15, 0.2) is 18.2 Å². The summed E-state index contributed by atoms with van der Waals surface area (Å²) in [7, 11) is 1.63. The summed E-state index contributed by atoms with van der Waals surface area (Å²) in [5.74, 6) is -0.245. The highest BCUT2D eigenvalue weighted by molar-refractivity contribution is 6.30. The highest BCUT2D eigenvalue weighted by atomic mass is 35.5. The zero-order valence-corrected chi connectivity index (χ0v) is 11.3. The van der Waals surface area contributed by atoms with Gasteiger partial charge in [-0.2, -0.15) is 0 Å². The molecule has 4 nitrogen and oxygen atoms in total. The molecule has 0 bridgehead atoms. The number of amides is 1. The normalized spacial score (nSPS) is 18.7. The van der Waals surface area contributed by atoms with Gasteiger partial charge in [-0.15, -0.1) is 0 Å². The molecule has 6 heteroatoms. The lowest BCUT2D eigenvalue weighted by Gasteiger charge is -2.16. The summed E-state index contributed by atoms with van der Waals surface area (Å²) in [4.78, 5) is 13.6. The number of methoxy groups -OCH3 is 1. The van der Waals surface area contributed by atoms with E-state index in [9.17, 15) is 9.18 Å². The number of halogens is 2. The Balaban J connectivity index is 1.85. The standard InChI is InChI=1S/C13H15ClFNO3/c1-18-10-4-5-16(7-10)13(17)8-19-9-2-3-12(15)11(14)6-9/h2-3,6,10H,4-5,7-8H2,1H3/t10-/m1/s1. The van der Waals surface area contributed by atoms with Gasteiger partial charge in [0.1, 0.15) is 11.6 Å². The zero-order chi connectivity index (χ0) is 13.8. The van der Waals surface area contributed by atoms with Gasteiger partial charge in [-0.25, -0.2) is 4.39 Å². The molecule has 1 aromatic carbocycles. The fourth-order valence-electron chi connectivity index (χ4n) is 1.95. The molecule has 1 saturated heterocycles. The van der Waals surface area contributed by atoms with Gasteiger partial charge in [0.05, 0.1) is 11.1 Å². The molecular formula is C13H15ClFNO3. The summed E-state index contributed by atoms with van der Waals surface area (Å²) in [5.41, 5.74) is 0. The first-order valence-electron chi connectivity index (χ1n) is 5.98. The van der Waals surface area contributed by atoms with Gasteiger partial charge in [0, 0.05) is 26.3 Å². The molecule has 1 fully saturated rings. The molecule has 1 atom stereocenters. The second kappa shape index (κ2) is 6.21. The van der Waals surface area contributed by atoms with Crippen LogP contribution in [0.2, 0.25) is 5.02 Å². The maximum atomic E-state index is 12.9. The fourth-order valence-corrected chi connectivity index (χ4v) is 2.12. The van der Waals surface area contributed by atoms with Gasteiger partial charge in [0.2, 0.25) is 0 Å². The van der Waals surface area contributed by atoms with Crippen LogP contribution in [-0.4, -0.2) is 43.7 Å². The number of carbonyl (C=O) groups is 1. The predicted octanol–water partition coefficient (Wildman–Crippen LogP) is 2.11. The molecule has 1 amide bonds. The molecule has 1 heterocycles. The first-order chi connectivity index (χ1) is 9.10. The van der Waals surface area contributed by atoms with Crippen molar-refractivity contribution in [1.29, 1.82) is 0 Å². The minimum atomic E-state index is -0.511. The van der Waals surface area contributed by atoms with Crippen molar-refractivity contribution < 1.29 is 18.7 Å². The Kier molecular flexibility index (Phi) is 4.61. The molecule has 0 saturated carbocycles. The number of hydrogen-bond donors (Lipinski definition) is 0. The Bertz CT molecular complexity index is 469. The molecule has 2 rings (SSSR count). The van der Waals surface area contributed by atoms with Crippen LogP contribution in [0.4, 0.5) is 4.39 Å². The molecule has 1 aliphatic rings. The summed E-state index contributed by atoms with van der Waals surface area (Å²) < 4.78 is 23.4. The summed E-state index contributed by atoms with van der Waals surface area (Å²) in [6.45, 7) is 1.17. The van der Waals surface area contributed by atoms with E-state index in [0.29, 0.717) is 18.8 Å². The topological polar surface area (TPSA) is 38.8 Å². The number of benzene rings is 1.